The average Bonchev–Trinajstić information content (AvgIpc) is 2.89. The van der Waals surface area contributed by atoms with Crippen LogP contribution in [0.25, 0.3) is 11.0 Å². The van der Waals surface area contributed by atoms with Gasteiger partial charge in [0, 0.05) is 17.7 Å². The van der Waals surface area contributed by atoms with E-state index in [0.717, 1.165) is 22.3 Å². The third kappa shape index (κ3) is 3.88. The van der Waals surface area contributed by atoms with Crippen LogP contribution in [-0.2, 0) is 19.1 Å². The predicted octanol–water partition coefficient (Wildman–Crippen LogP) is 3.79. The van der Waals surface area contributed by atoms with Gasteiger partial charge in [-0.2, -0.15) is 5.26 Å². The Morgan fingerprint density at radius 2 is 1.77 bits per heavy atom. The van der Waals surface area contributed by atoms with Crippen molar-refractivity contribution in [2.45, 2.75) is 40.0 Å². The zero-order valence-corrected chi connectivity index (χ0v) is 15.5. The number of ether oxygens (including phenoxy) is 2. The fourth-order valence-electron chi connectivity index (χ4n) is 3.01. The van der Waals surface area contributed by atoms with E-state index in [0.29, 0.717) is 5.56 Å². The summed E-state index contributed by atoms with van der Waals surface area (Å²) in [6, 6.07) is 7.51. The van der Waals surface area contributed by atoms with Crippen LogP contribution in [0.3, 0.4) is 0 Å². The standard InChI is InChI=1S/C20H23NO5/c1-5-24-19(22)18(20(23)25-6-2)15(9-10-21)14-7-8-17-16(11-14)12(3)13(4)26-17/h7-8,11,15,18H,5-6,9H2,1-4H3. The summed E-state index contributed by atoms with van der Waals surface area (Å²) in [6.45, 7) is 7.45. The lowest BCUT2D eigenvalue weighted by molar-refractivity contribution is -0.162. The topological polar surface area (TPSA) is 89.5 Å². The van der Waals surface area contributed by atoms with Crippen LogP contribution >= 0.6 is 0 Å². The summed E-state index contributed by atoms with van der Waals surface area (Å²) in [5.74, 6) is -2.38. The molecule has 0 spiro atoms. The Morgan fingerprint density at radius 1 is 1.15 bits per heavy atom. The first-order valence-electron chi connectivity index (χ1n) is 8.64. The van der Waals surface area contributed by atoms with Crippen molar-refractivity contribution in [3.8, 4) is 6.07 Å². The Hall–Kier alpha value is -2.81. The van der Waals surface area contributed by atoms with Gasteiger partial charge in [0.25, 0.3) is 0 Å². The minimum absolute atomic E-state index is 0.0102. The van der Waals surface area contributed by atoms with Gasteiger partial charge in [0.05, 0.1) is 19.3 Å². The van der Waals surface area contributed by atoms with Crippen LogP contribution in [0.1, 0.15) is 43.1 Å². The number of aryl methyl sites for hydroxylation is 2. The lowest BCUT2D eigenvalue weighted by Crippen LogP contribution is -2.33. The lowest BCUT2D eigenvalue weighted by Gasteiger charge is -2.22. The summed E-state index contributed by atoms with van der Waals surface area (Å²) in [5.41, 5.74) is 2.42. The molecule has 1 atom stereocenters. The monoisotopic (exact) mass is 357 g/mol. The summed E-state index contributed by atoms with van der Waals surface area (Å²) in [5, 5.41) is 10.2. The smallest absolute Gasteiger partial charge is 0.320 e. The minimum Gasteiger partial charge on any atom is -0.465 e. The molecule has 138 valence electrons. The molecule has 0 aliphatic heterocycles. The van der Waals surface area contributed by atoms with Crippen LogP contribution in [0.2, 0.25) is 0 Å². The van der Waals surface area contributed by atoms with Crippen LogP contribution in [0.5, 0.6) is 0 Å². The summed E-state index contributed by atoms with van der Waals surface area (Å²) in [4.78, 5) is 24.9. The van der Waals surface area contributed by atoms with E-state index in [9.17, 15) is 14.9 Å². The Morgan fingerprint density at radius 3 is 2.31 bits per heavy atom. The first kappa shape index (κ1) is 19.5. The van der Waals surface area contributed by atoms with Crippen LogP contribution < -0.4 is 0 Å². The SMILES string of the molecule is CCOC(=O)C(C(=O)OCC)C(CC#N)c1ccc2oc(C)c(C)c2c1. The molecule has 0 radical (unpaired) electrons. The van der Waals surface area contributed by atoms with E-state index in [1.54, 1.807) is 26.0 Å². The number of esters is 2. The number of nitrogens with zero attached hydrogens (tertiary/aromatic N) is 1. The summed E-state index contributed by atoms with van der Waals surface area (Å²) in [6.07, 6.45) is -0.0102. The highest BCUT2D eigenvalue weighted by Gasteiger charge is 2.38. The van der Waals surface area contributed by atoms with Gasteiger partial charge in [0.1, 0.15) is 11.3 Å². The van der Waals surface area contributed by atoms with Crippen LogP contribution in [0.4, 0.5) is 0 Å². The van der Waals surface area contributed by atoms with Gasteiger partial charge in [0.15, 0.2) is 5.92 Å². The molecule has 0 N–H and O–H groups in total. The molecule has 0 aliphatic carbocycles. The molecule has 1 unspecified atom stereocenters. The second-order valence-corrected chi connectivity index (χ2v) is 5.99. The molecule has 0 bridgehead atoms. The van der Waals surface area contributed by atoms with E-state index in [4.69, 9.17) is 13.9 Å². The van der Waals surface area contributed by atoms with E-state index >= 15 is 0 Å². The molecule has 0 fully saturated rings. The maximum absolute atomic E-state index is 12.4. The number of hydrogen-bond acceptors (Lipinski definition) is 6. The number of nitriles is 1. The highest BCUT2D eigenvalue weighted by molar-refractivity contribution is 5.96. The van der Waals surface area contributed by atoms with Gasteiger partial charge in [-0.05, 0) is 51.0 Å². The number of furan rings is 1. The molecule has 0 saturated carbocycles. The molecule has 0 amide bonds. The predicted molar refractivity (Wildman–Crippen MR) is 95.4 cm³/mol. The molecule has 1 aromatic heterocycles. The zero-order chi connectivity index (χ0) is 19.3. The van der Waals surface area contributed by atoms with Crippen LogP contribution in [0, 0.1) is 31.1 Å². The number of fused-ring (bicyclic) bond motifs is 1. The lowest BCUT2D eigenvalue weighted by atomic mass is 9.83. The maximum atomic E-state index is 12.4. The summed E-state index contributed by atoms with van der Waals surface area (Å²) < 4.78 is 15.8. The van der Waals surface area contributed by atoms with Gasteiger partial charge in [-0.1, -0.05) is 6.07 Å². The van der Waals surface area contributed by atoms with Crippen molar-refractivity contribution in [3.05, 3.63) is 35.1 Å². The first-order valence-corrected chi connectivity index (χ1v) is 8.64. The van der Waals surface area contributed by atoms with Crippen molar-refractivity contribution in [1.29, 1.82) is 5.26 Å². The van der Waals surface area contributed by atoms with Gasteiger partial charge in [0.2, 0.25) is 0 Å². The third-order valence-corrected chi connectivity index (χ3v) is 4.42. The average molecular weight is 357 g/mol. The van der Waals surface area contributed by atoms with Crippen molar-refractivity contribution < 1.29 is 23.5 Å². The van der Waals surface area contributed by atoms with Crippen molar-refractivity contribution >= 4 is 22.9 Å². The molecule has 1 heterocycles. The second kappa shape index (κ2) is 8.52. The third-order valence-electron chi connectivity index (χ3n) is 4.42. The van der Waals surface area contributed by atoms with Gasteiger partial charge < -0.3 is 13.9 Å². The van der Waals surface area contributed by atoms with E-state index in [1.165, 1.54) is 0 Å². The van der Waals surface area contributed by atoms with Crippen molar-refractivity contribution in [2.75, 3.05) is 13.2 Å². The quantitative estimate of drug-likeness (QED) is 0.553. The van der Waals surface area contributed by atoms with Gasteiger partial charge in [-0.3, -0.25) is 9.59 Å². The maximum Gasteiger partial charge on any atom is 0.320 e. The van der Waals surface area contributed by atoms with E-state index in [2.05, 4.69) is 6.07 Å². The van der Waals surface area contributed by atoms with Crippen LogP contribution in [0.15, 0.2) is 22.6 Å². The van der Waals surface area contributed by atoms with Crippen LogP contribution in [-0.4, -0.2) is 25.2 Å². The van der Waals surface area contributed by atoms with Gasteiger partial charge in [-0.25, -0.2) is 0 Å². The molecule has 0 aliphatic rings. The highest BCUT2D eigenvalue weighted by atomic mass is 16.6. The molecular formula is C20H23NO5. The van der Waals surface area contributed by atoms with Gasteiger partial charge >= 0.3 is 11.9 Å². The number of carbonyl (C=O) groups is 2. The Balaban J connectivity index is 2.53. The molecular weight excluding hydrogens is 334 g/mol. The van der Waals surface area contributed by atoms with E-state index in [1.807, 2.05) is 19.9 Å². The molecule has 2 aromatic rings. The second-order valence-electron chi connectivity index (χ2n) is 5.99. The highest BCUT2D eigenvalue weighted by Crippen LogP contribution is 2.34. The first-order chi connectivity index (χ1) is 12.4. The fraction of sp³-hybridized carbons (Fsp3) is 0.450. The largest absolute Gasteiger partial charge is 0.465 e. The Labute approximate surface area is 152 Å². The normalized spacial score (nSPS) is 12.0. The minimum atomic E-state index is -1.18. The van der Waals surface area contributed by atoms with Crippen molar-refractivity contribution in [2.24, 2.45) is 5.92 Å². The Kier molecular flexibility index (Phi) is 6.40. The molecule has 6 nitrogen and oxygen atoms in total. The van der Waals surface area contributed by atoms with Gasteiger partial charge in [-0.15, -0.1) is 0 Å². The zero-order valence-electron chi connectivity index (χ0n) is 15.5. The van der Waals surface area contributed by atoms with E-state index in [-0.39, 0.29) is 19.6 Å². The van der Waals surface area contributed by atoms with Crippen molar-refractivity contribution in [1.82, 2.24) is 0 Å². The molecule has 0 saturated heterocycles. The molecule has 6 heteroatoms. The number of hydrogen-bond donors (Lipinski definition) is 0. The fourth-order valence-corrected chi connectivity index (χ4v) is 3.01. The number of rotatable bonds is 7. The molecule has 2 rings (SSSR count). The van der Waals surface area contributed by atoms with Crippen molar-refractivity contribution in [3.63, 3.8) is 0 Å². The molecule has 26 heavy (non-hydrogen) atoms. The number of carbonyl (C=O) groups excluding carboxylic acids is 2. The molecule has 1 aromatic carbocycles. The summed E-state index contributed by atoms with van der Waals surface area (Å²) in [7, 11) is 0. The Bertz CT molecular complexity index is 828. The summed E-state index contributed by atoms with van der Waals surface area (Å²) >= 11 is 0. The van der Waals surface area contributed by atoms with E-state index < -0.39 is 23.8 Å². The number of benzene rings is 1.